The molecule has 0 saturated carbocycles. The summed E-state index contributed by atoms with van der Waals surface area (Å²) in [6, 6.07) is 12.1. The molecule has 0 spiro atoms. The Morgan fingerprint density at radius 3 is 2.14 bits per heavy atom. The molecule has 0 N–H and O–H groups in total. The van der Waals surface area contributed by atoms with Crippen LogP contribution in [0.5, 0.6) is 17.2 Å². The fourth-order valence-corrected chi connectivity index (χ4v) is 2.68. The molecule has 5 nitrogen and oxygen atoms in total. The monoisotopic (exact) mass is 410 g/mol. The van der Waals surface area contributed by atoms with Gasteiger partial charge in [-0.1, -0.05) is 19.1 Å². The lowest BCUT2D eigenvalue weighted by molar-refractivity contribution is -0.274. The zero-order valence-corrected chi connectivity index (χ0v) is 15.8. The van der Waals surface area contributed by atoms with Crippen molar-refractivity contribution in [2.45, 2.75) is 26.1 Å². The summed E-state index contributed by atoms with van der Waals surface area (Å²) in [6.07, 6.45) is -4.15. The van der Waals surface area contributed by atoms with Gasteiger partial charge in [0.1, 0.15) is 17.2 Å². The maximum Gasteiger partial charge on any atom is 0.573 e. The maximum absolute atomic E-state index is 12.1. The number of alkyl halides is 3. The van der Waals surface area contributed by atoms with Gasteiger partial charge in [-0.3, -0.25) is 4.79 Å². The summed E-state index contributed by atoms with van der Waals surface area (Å²) in [6.45, 7) is 4.09. The summed E-state index contributed by atoms with van der Waals surface area (Å²) in [7, 11) is 0. The molecule has 0 bridgehead atoms. The second kappa shape index (κ2) is 8.73. The molecule has 0 atom stereocenters. The highest BCUT2D eigenvalue weighted by Gasteiger charge is 2.34. The standard InChI is InChI=1S/C21H21F3O5/c1-20(12-26-13-20)14-27-16-5-2-15(3-6-16)4-11-19(25)28-17-7-9-18(10-8-17)29-21(22,23)24/h2-3,5-10H,4,11-14H2,1H3. The van der Waals surface area contributed by atoms with Crippen LogP contribution in [0.4, 0.5) is 13.2 Å². The van der Waals surface area contributed by atoms with Crippen LogP contribution in [0.3, 0.4) is 0 Å². The predicted octanol–water partition coefficient (Wildman–Crippen LogP) is 4.54. The van der Waals surface area contributed by atoms with Crippen molar-refractivity contribution < 1.29 is 36.9 Å². The quantitative estimate of drug-likeness (QED) is 0.473. The molecular formula is C21H21F3O5. The largest absolute Gasteiger partial charge is 0.573 e. The van der Waals surface area contributed by atoms with Crippen molar-refractivity contribution in [3.8, 4) is 17.2 Å². The molecule has 0 aromatic heterocycles. The van der Waals surface area contributed by atoms with Crippen LogP contribution in [0.2, 0.25) is 0 Å². The van der Waals surface area contributed by atoms with Crippen molar-refractivity contribution in [2.24, 2.45) is 5.41 Å². The van der Waals surface area contributed by atoms with E-state index in [1.165, 1.54) is 12.1 Å². The van der Waals surface area contributed by atoms with Gasteiger partial charge in [-0.2, -0.15) is 0 Å². The molecule has 1 aliphatic heterocycles. The highest BCUT2D eigenvalue weighted by Crippen LogP contribution is 2.28. The highest BCUT2D eigenvalue weighted by atomic mass is 19.4. The SMILES string of the molecule is CC1(COc2ccc(CCC(=O)Oc3ccc(OC(F)(F)F)cc3)cc2)COC1. The van der Waals surface area contributed by atoms with Gasteiger partial charge in [-0.05, 0) is 48.4 Å². The second-order valence-electron chi connectivity index (χ2n) is 7.23. The molecule has 156 valence electrons. The van der Waals surface area contributed by atoms with Crippen LogP contribution >= 0.6 is 0 Å². The topological polar surface area (TPSA) is 54.0 Å². The van der Waals surface area contributed by atoms with Crippen LogP contribution in [0.25, 0.3) is 0 Å². The number of hydrogen-bond acceptors (Lipinski definition) is 5. The van der Waals surface area contributed by atoms with E-state index in [-0.39, 0.29) is 23.3 Å². The van der Waals surface area contributed by atoms with Crippen molar-refractivity contribution in [1.29, 1.82) is 0 Å². The van der Waals surface area contributed by atoms with Crippen molar-refractivity contribution >= 4 is 5.97 Å². The smallest absolute Gasteiger partial charge is 0.493 e. The zero-order valence-electron chi connectivity index (χ0n) is 15.8. The highest BCUT2D eigenvalue weighted by molar-refractivity contribution is 5.72. The molecule has 2 aromatic carbocycles. The first-order valence-corrected chi connectivity index (χ1v) is 9.07. The van der Waals surface area contributed by atoms with Gasteiger partial charge in [0.2, 0.25) is 0 Å². The Labute approximate surface area is 166 Å². The lowest BCUT2D eigenvalue weighted by atomic mass is 9.90. The number of ether oxygens (including phenoxy) is 4. The average molecular weight is 410 g/mol. The van der Waals surface area contributed by atoms with Crippen molar-refractivity contribution in [2.75, 3.05) is 19.8 Å². The van der Waals surface area contributed by atoms with Gasteiger partial charge in [-0.15, -0.1) is 13.2 Å². The molecule has 2 aromatic rings. The Morgan fingerprint density at radius 2 is 1.59 bits per heavy atom. The summed E-state index contributed by atoms with van der Waals surface area (Å²) in [5.74, 6) is 0.0542. The molecule has 0 aliphatic carbocycles. The average Bonchev–Trinajstić information content (AvgIpc) is 2.64. The van der Waals surface area contributed by atoms with E-state index in [4.69, 9.17) is 14.2 Å². The molecular weight excluding hydrogens is 389 g/mol. The summed E-state index contributed by atoms with van der Waals surface area (Å²) in [5.41, 5.74) is 1.01. The van der Waals surface area contributed by atoms with Gasteiger partial charge in [0.25, 0.3) is 0 Å². The molecule has 8 heteroatoms. The molecule has 1 saturated heterocycles. The minimum atomic E-state index is -4.76. The molecule has 0 unspecified atom stereocenters. The van der Waals surface area contributed by atoms with Gasteiger partial charge in [-0.25, -0.2) is 0 Å². The van der Waals surface area contributed by atoms with Gasteiger partial charge in [0.15, 0.2) is 0 Å². The minimum absolute atomic E-state index is 0.0689. The number of benzene rings is 2. The molecule has 0 amide bonds. The summed E-state index contributed by atoms with van der Waals surface area (Å²) < 4.78 is 56.2. The third-order valence-corrected chi connectivity index (χ3v) is 4.32. The van der Waals surface area contributed by atoms with Gasteiger partial charge >= 0.3 is 12.3 Å². The third kappa shape index (κ3) is 6.67. The van der Waals surface area contributed by atoms with Gasteiger partial charge in [0.05, 0.1) is 19.8 Å². The number of carbonyl (C=O) groups is 1. The zero-order chi connectivity index (χ0) is 20.9. The van der Waals surface area contributed by atoms with E-state index in [1.54, 1.807) is 0 Å². The molecule has 1 aliphatic rings. The number of halogens is 3. The molecule has 29 heavy (non-hydrogen) atoms. The molecule has 1 fully saturated rings. The van der Waals surface area contributed by atoms with Gasteiger partial charge < -0.3 is 18.9 Å². The van der Waals surface area contributed by atoms with E-state index >= 15 is 0 Å². The van der Waals surface area contributed by atoms with Crippen LogP contribution in [0.15, 0.2) is 48.5 Å². The number of hydrogen-bond donors (Lipinski definition) is 0. The van der Waals surface area contributed by atoms with Crippen LogP contribution in [0, 0.1) is 5.41 Å². The number of rotatable bonds is 8. The first-order chi connectivity index (χ1) is 13.7. The molecule has 3 rings (SSSR count). The van der Waals surface area contributed by atoms with E-state index in [9.17, 15) is 18.0 Å². The first kappa shape index (κ1) is 21.0. The van der Waals surface area contributed by atoms with Crippen LogP contribution in [-0.2, 0) is 16.0 Å². The molecule has 0 radical (unpaired) electrons. The summed E-state index contributed by atoms with van der Waals surface area (Å²) in [5, 5.41) is 0. The van der Waals surface area contributed by atoms with Crippen molar-refractivity contribution in [1.82, 2.24) is 0 Å². The summed E-state index contributed by atoms with van der Waals surface area (Å²) in [4.78, 5) is 11.9. The number of esters is 1. The second-order valence-corrected chi connectivity index (χ2v) is 7.23. The minimum Gasteiger partial charge on any atom is -0.493 e. The lowest BCUT2D eigenvalue weighted by Gasteiger charge is -2.37. The Bertz CT molecular complexity index is 812. The van der Waals surface area contributed by atoms with Crippen molar-refractivity contribution in [3.63, 3.8) is 0 Å². The Balaban J connectivity index is 1.42. The van der Waals surface area contributed by atoms with Crippen LogP contribution in [0.1, 0.15) is 18.9 Å². The Kier molecular flexibility index (Phi) is 6.32. The molecule has 1 heterocycles. The lowest BCUT2D eigenvalue weighted by Crippen LogP contribution is -2.44. The van der Waals surface area contributed by atoms with E-state index < -0.39 is 12.3 Å². The first-order valence-electron chi connectivity index (χ1n) is 9.07. The fraction of sp³-hybridized carbons (Fsp3) is 0.381. The van der Waals surface area contributed by atoms with Crippen molar-refractivity contribution in [3.05, 3.63) is 54.1 Å². The van der Waals surface area contributed by atoms with E-state index in [0.717, 1.165) is 23.4 Å². The Morgan fingerprint density at radius 1 is 1.00 bits per heavy atom. The predicted molar refractivity (Wildman–Crippen MR) is 97.9 cm³/mol. The third-order valence-electron chi connectivity index (χ3n) is 4.32. The normalized spacial score (nSPS) is 15.3. The number of aryl methyl sites for hydroxylation is 1. The van der Waals surface area contributed by atoms with Crippen LogP contribution < -0.4 is 14.2 Å². The van der Waals surface area contributed by atoms with E-state index in [0.29, 0.717) is 26.2 Å². The van der Waals surface area contributed by atoms with E-state index in [2.05, 4.69) is 11.7 Å². The summed E-state index contributed by atoms with van der Waals surface area (Å²) >= 11 is 0. The van der Waals surface area contributed by atoms with E-state index in [1.807, 2.05) is 24.3 Å². The maximum atomic E-state index is 12.1. The number of carbonyl (C=O) groups excluding carboxylic acids is 1. The van der Waals surface area contributed by atoms with Gasteiger partial charge in [0, 0.05) is 11.8 Å². The Hall–Kier alpha value is -2.74. The van der Waals surface area contributed by atoms with Crippen LogP contribution in [-0.4, -0.2) is 32.2 Å². The fourth-order valence-electron chi connectivity index (χ4n) is 2.68.